The fourth-order valence-corrected chi connectivity index (χ4v) is 2.70. The van der Waals surface area contributed by atoms with E-state index in [0.717, 1.165) is 16.8 Å². The summed E-state index contributed by atoms with van der Waals surface area (Å²) in [5.41, 5.74) is 8.72. The van der Waals surface area contributed by atoms with Crippen LogP contribution < -0.4 is 11.1 Å². The van der Waals surface area contributed by atoms with E-state index >= 15 is 0 Å². The summed E-state index contributed by atoms with van der Waals surface area (Å²) in [7, 11) is -3.15. The highest BCUT2D eigenvalue weighted by molar-refractivity contribution is 7.90. The van der Waals surface area contributed by atoms with Gasteiger partial charge in [-0.05, 0) is 42.3 Å². The highest BCUT2D eigenvalue weighted by Gasteiger charge is 2.08. The number of sulfone groups is 1. The van der Waals surface area contributed by atoms with Gasteiger partial charge in [0.1, 0.15) is 0 Å². The second-order valence-electron chi connectivity index (χ2n) is 5.11. The van der Waals surface area contributed by atoms with Gasteiger partial charge in [0.05, 0.1) is 4.90 Å². The van der Waals surface area contributed by atoms with Crippen molar-refractivity contribution >= 4 is 15.5 Å². The third-order valence-electron chi connectivity index (χ3n) is 3.38. The van der Waals surface area contributed by atoms with E-state index < -0.39 is 9.84 Å². The van der Waals surface area contributed by atoms with E-state index in [1.807, 2.05) is 24.3 Å². The van der Waals surface area contributed by atoms with Gasteiger partial charge in [-0.1, -0.05) is 24.3 Å². The Morgan fingerprint density at radius 1 is 1.05 bits per heavy atom. The second-order valence-corrected chi connectivity index (χ2v) is 7.12. The Bertz CT molecular complexity index is 692. The van der Waals surface area contributed by atoms with Gasteiger partial charge in [-0.3, -0.25) is 0 Å². The van der Waals surface area contributed by atoms with Crippen molar-refractivity contribution in [2.45, 2.75) is 24.4 Å². The summed E-state index contributed by atoms with van der Waals surface area (Å²) in [4.78, 5) is 0.327. The highest BCUT2D eigenvalue weighted by Crippen LogP contribution is 2.21. The summed E-state index contributed by atoms with van der Waals surface area (Å²) >= 11 is 0. The van der Waals surface area contributed by atoms with Crippen molar-refractivity contribution in [2.24, 2.45) is 5.73 Å². The van der Waals surface area contributed by atoms with Crippen molar-refractivity contribution in [3.63, 3.8) is 0 Å². The molecule has 1 unspecified atom stereocenters. The van der Waals surface area contributed by atoms with E-state index in [1.165, 1.54) is 6.26 Å². The molecule has 0 bridgehead atoms. The summed E-state index contributed by atoms with van der Waals surface area (Å²) in [6, 6.07) is 15.0. The van der Waals surface area contributed by atoms with Gasteiger partial charge in [-0.25, -0.2) is 8.42 Å². The molecule has 21 heavy (non-hydrogen) atoms. The molecule has 0 heterocycles. The molecule has 2 rings (SSSR count). The van der Waals surface area contributed by atoms with E-state index in [0.29, 0.717) is 11.4 Å². The van der Waals surface area contributed by atoms with E-state index in [4.69, 9.17) is 5.73 Å². The van der Waals surface area contributed by atoms with Gasteiger partial charge in [0.2, 0.25) is 0 Å². The van der Waals surface area contributed by atoms with Gasteiger partial charge in [0, 0.05) is 24.5 Å². The van der Waals surface area contributed by atoms with Crippen LogP contribution in [0.25, 0.3) is 0 Å². The van der Waals surface area contributed by atoms with E-state index in [1.54, 1.807) is 24.3 Å². The molecule has 3 N–H and O–H groups in total. The SMILES string of the molecule is CC(Nc1ccc(S(C)(=O)=O)cc1)c1ccc(CN)cc1. The zero-order valence-corrected chi connectivity index (χ0v) is 13.0. The Kier molecular flexibility index (Phi) is 4.65. The maximum absolute atomic E-state index is 11.4. The first-order valence-electron chi connectivity index (χ1n) is 6.75. The lowest BCUT2D eigenvalue weighted by Gasteiger charge is -2.16. The first-order valence-corrected chi connectivity index (χ1v) is 8.65. The fraction of sp³-hybridized carbons (Fsp3) is 0.250. The largest absolute Gasteiger partial charge is 0.379 e. The molecular formula is C16H20N2O2S. The first kappa shape index (κ1) is 15.5. The predicted octanol–water partition coefficient (Wildman–Crippen LogP) is 2.72. The molecule has 5 heteroatoms. The molecule has 0 aromatic heterocycles. The molecule has 0 spiro atoms. The number of benzene rings is 2. The Morgan fingerprint density at radius 2 is 1.62 bits per heavy atom. The molecule has 0 saturated heterocycles. The number of rotatable bonds is 5. The fourth-order valence-electron chi connectivity index (χ4n) is 2.07. The van der Waals surface area contributed by atoms with Crippen molar-refractivity contribution in [1.29, 1.82) is 0 Å². The van der Waals surface area contributed by atoms with Crippen LogP contribution >= 0.6 is 0 Å². The molecule has 0 amide bonds. The van der Waals surface area contributed by atoms with Gasteiger partial charge < -0.3 is 11.1 Å². The molecule has 0 saturated carbocycles. The van der Waals surface area contributed by atoms with E-state index in [-0.39, 0.29) is 6.04 Å². The lowest BCUT2D eigenvalue weighted by atomic mass is 10.1. The lowest BCUT2D eigenvalue weighted by Crippen LogP contribution is -2.07. The predicted molar refractivity (Wildman–Crippen MR) is 85.9 cm³/mol. The van der Waals surface area contributed by atoms with Gasteiger partial charge in [-0.15, -0.1) is 0 Å². The summed E-state index contributed by atoms with van der Waals surface area (Å²) in [5.74, 6) is 0. The monoisotopic (exact) mass is 304 g/mol. The van der Waals surface area contributed by atoms with Gasteiger partial charge in [-0.2, -0.15) is 0 Å². The van der Waals surface area contributed by atoms with Crippen LogP contribution in [0.15, 0.2) is 53.4 Å². The maximum Gasteiger partial charge on any atom is 0.175 e. The van der Waals surface area contributed by atoms with Gasteiger partial charge in [0.25, 0.3) is 0 Å². The molecule has 0 radical (unpaired) electrons. The summed E-state index contributed by atoms with van der Waals surface area (Å²) < 4.78 is 22.8. The molecule has 4 nitrogen and oxygen atoms in total. The second kappa shape index (κ2) is 6.28. The first-order chi connectivity index (χ1) is 9.90. The van der Waals surface area contributed by atoms with Crippen molar-refractivity contribution in [3.05, 3.63) is 59.7 Å². The molecule has 112 valence electrons. The van der Waals surface area contributed by atoms with E-state index in [9.17, 15) is 8.42 Å². The lowest BCUT2D eigenvalue weighted by molar-refractivity contribution is 0.602. The van der Waals surface area contributed by atoms with Crippen LogP contribution in [0, 0.1) is 0 Å². The van der Waals surface area contributed by atoms with Crippen LogP contribution in [0.2, 0.25) is 0 Å². The number of anilines is 1. The van der Waals surface area contributed by atoms with Crippen molar-refractivity contribution in [2.75, 3.05) is 11.6 Å². The zero-order valence-electron chi connectivity index (χ0n) is 12.2. The molecule has 1 atom stereocenters. The normalized spacial score (nSPS) is 12.9. The average molecular weight is 304 g/mol. The minimum absolute atomic E-state index is 0.126. The number of hydrogen-bond acceptors (Lipinski definition) is 4. The van der Waals surface area contributed by atoms with Crippen LogP contribution in [0.1, 0.15) is 24.1 Å². The summed E-state index contributed by atoms with van der Waals surface area (Å²) in [5, 5.41) is 3.35. The smallest absolute Gasteiger partial charge is 0.175 e. The quantitative estimate of drug-likeness (QED) is 0.891. The molecule has 0 aliphatic heterocycles. The molecular weight excluding hydrogens is 284 g/mol. The molecule has 0 fully saturated rings. The van der Waals surface area contributed by atoms with Gasteiger partial charge in [0.15, 0.2) is 9.84 Å². The zero-order chi connectivity index (χ0) is 15.5. The van der Waals surface area contributed by atoms with Crippen LogP contribution in [0.5, 0.6) is 0 Å². The van der Waals surface area contributed by atoms with Crippen LogP contribution in [-0.2, 0) is 16.4 Å². The Hall–Kier alpha value is -1.85. The summed E-state index contributed by atoms with van der Waals surface area (Å²) in [6.45, 7) is 2.59. The molecule has 2 aromatic rings. The minimum Gasteiger partial charge on any atom is -0.379 e. The van der Waals surface area contributed by atoms with Crippen LogP contribution in [0.4, 0.5) is 5.69 Å². The Labute approximate surface area is 125 Å². The standard InChI is InChI=1S/C16H20N2O2S/c1-12(14-5-3-13(11-17)4-6-14)18-15-7-9-16(10-8-15)21(2,19)20/h3-10,12,18H,11,17H2,1-2H3. The topological polar surface area (TPSA) is 72.2 Å². The van der Waals surface area contributed by atoms with Crippen molar-refractivity contribution in [3.8, 4) is 0 Å². The number of hydrogen-bond donors (Lipinski definition) is 2. The minimum atomic E-state index is -3.15. The Morgan fingerprint density at radius 3 is 2.10 bits per heavy atom. The van der Waals surface area contributed by atoms with Crippen LogP contribution in [0.3, 0.4) is 0 Å². The summed E-state index contributed by atoms with van der Waals surface area (Å²) in [6.07, 6.45) is 1.21. The van der Waals surface area contributed by atoms with Gasteiger partial charge >= 0.3 is 0 Å². The number of nitrogens with two attached hydrogens (primary N) is 1. The van der Waals surface area contributed by atoms with Crippen LogP contribution in [-0.4, -0.2) is 14.7 Å². The Balaban J connectivity index is 2.10. The van der Waals surface area contributed by atoms with E-state index in [2.05, 4.69) is 12.2 Å². The average Bonchev–Trinajstić information content (AvgIpc) is 2.47. The molecule has 0 aliphatic rings. The third-order valence-corrected chi connectivity index (χ3v) is 4.51. The number of nitrogens with one attached hydrogen (secondary N) is 1. The van der Waals surface area contributed by atoms with Crippen molar-refractivity contribution < 1.29 is 8.42 Å². The maximum atomic E-state index is 11.4. The third kappa shape index (κ3) is 4.06. The highest BCUT2D eigenvalue weighted by atomic mass is 32.2. The molecule has 2 aromatic carbocycles. The van der Waals surface area contributed by atoms with Crippen molar-refractivity contribution in [1.82, 2.24) is 0 Å². The molecule has 0 aliphatic carbocycles.